The quantitative estimate of drug-likeness (QED) is 0.811. The van der Waals surface area contributed by atoms with Gasteiger partial charge in [0.2, 0.25) is 0 Å². The average Bonchev–Trinajstić information content (AvgIpc) is 2.16. The molecule has 1 aliphatic rings. The number of carboxylic acid groups (broad SMARTS) is 1. The summed E-state index contributed by atoms with van der Waals surface area (Å²) < 4.78 is 0.922. The monoisotopic (exact) mass is 255 g/mol. The molecule has 2 N–H and O–H groups in total. The van der Waals surface area contributed by atoms with Gasteiger partial charge in [-0.1, -0.05) is 15.9 Å². The van der Waals surface area contributed by atoms with Crippen LogP contribution in [0.4, 0.5) is 5.69 Å². The first-order valence-electron chi connectivity index (χ1n) is 4.44. The molecule has 14 heavy (non-hydrogen) atoms. The fraction of sp³-hybridized carbons (Fsp3) is 0.300. The fourth-order valence-corrected chi connectivity index (χ4v) is 2.12. The summed E-state index contributed by atoms with van der Waals surface area (Å²) >= 11 is 3.35. The van der Waals surface area contributed by atoms with Crippen molar-refractivity contribution in [2.24, 2.45) is 0 Å². The smallest absolute Gasteiger partial charge is 0.311 e. The molecule has 4 heteroatoms. The number of benzene rings is 1. The first-order chi connectivity index (χ1) is 6.68. The molecule has 3 nitrogen and oxygen atoms in total. The van der Waals surface area contributed by atoms with E-state index in [1.54, 1.807) is 0 Å². The van der Waals surface area contributed by atoms with E-state index in [9.17, 15) is 4.79 Å². The highest BCUT2D eigenvalue weighted by molar-refractivity contribution is 9.10. The normalized spacial score (nSPS) is 19.6. The van der Waals surface area contributed by atoms with Gasteiger partial charge in [-0.25, -0.2) is 0 Å². The molecule has 1 aliphatic heterocycles. The zero-order valence-electron chi connectivity index (χ0n) is 7.46. The van der Waals surface area contributed by atoms with Gasteiger partial charge in [0.05, 0.1) is 5.92 Å². The van der Waals surface area contributed by atoms with Gasteiger partial charge >= 0.3 is 5.97 Å². The Morgan fingerprint density at radius 1 is 1.57 bits per heavy atom. The molecule has 0 radical (unpaired) electrons. The average molecular weight is 256 g/mol. The van der Waals surface area contributed by atoms with Crippen LogP contribution >= 0.6 is 15.9 Å². The van der Waals surface area contributed by atoms with E-state index in [0.717, 1.165) is 22.3 Å². The number of nitrogens with one attached hydrogen (secondary N) is 1. The van der Waals surface area contributed by atoms with Crippen LogP contribution in [0, 0.1) is 0 Å². The summed E-state index contributed by atoms with van der Waals surface area (Å²) in [5.41, 5.74) is 1.81. The zero-order chi connectivity index (χ0) is 10.1. The van der Waals surface area contributed by atoms with Crippen molar-refractivity contribution in [1.29, 1.82) is 0 Å². The van der Waals surface area contributed by atoms with Crippen LogP contribution in [0.5, 0.6) is 0 Å². The highest BCUT2D eigenvalue weighted by Gasteiger charge is 2.25. The van der Waals surface area contributed by atoms with Gasteiger partial charge in [-0.05, 0) is 30.2 Å². The molecule has 1 heterocycles. The van der Waals surface area contributed by atoms with Crippen molar-refractivity contribution in [2.45, 2.75) is 12.3 Å². The predicted molar refractivity (Wildman–Crippen MR) is 57.6 cm³/mol. The second kappa shape index (κ2) is 3.61. The van der Waals surface area contributed by atoms with Crippen molar-refractivity contribution in [3.8, 4) is 0 Å². The minimum atomic E-state index is -0.745. The van der Waals surface area contributed by atoms with Crippen molar-refractivity contribution in [2.75, 3.05) is 11.9 Å². The number of anilines is 1. The zero-order valence-corrected chi connectivity index (χ0v) is 9.04. The Balaban J connectivity index is 2.46. The molecule has 1 aromatic rings. The first-order valence-corrected chi connectivity index (χ1v) is 5.24. The fourth-order valence-electron chi connectivity index (χ4n) is 1.75. The van der Waals surface area contributed by atoms with Gasteiger partial charge < -0.3 is 10.4 Å². The highest BCUT2D eigenvalue weighted by atomic mass is 79.9. The van der Waals surface area contributed by atoms with Crippen LogP contribution in [0.1, 0.15) is 17.9 Å². The molecule has 2 rings (SSSR count). The molecule has 1 atom stereocenters. The molecule has 74 valence electrons. The number of rotatable bonds is 1. The minimum Gasteiger partial charge on any atom is -0.481 e. The lowest BCUT2D eigenvalue weighted by atomic mass is 9.91. The van der Waals surface area contributed by atoms with Crippen LogP contribution in [0.15, 0.2) is 22.7 Å². The van der Waals surface area contributed by atoms with Gasteiger partial charge in [0.1, 0.15) is 0 Å². The summed E-state index contributed by atoms with van der Waals surface area (Å²) in [5, 5.41) is 12.2. The van der Waals surface area contributed by atoms with Crippen molar-refractivity contribution >= 4 is 27.6 Å². The SMILES string of the molecule is O=C(O)C1CCNc2ccc(Br)cc21. The molecule has 0 amide bonds. The van der Waals surface area contributed by atoms with Crippen LogP contribution < -0.4 is 5.32 Å². The summed E-state index contributed by atoms with van der Waals surface area (Å²) in [7, 11) is 0. The third kappa shape index (κ3) is 1.62. The van der Waals surface area contributed by atoms with E-state index in [-0.39, 0.29) is 5.92 Å². The maximum Gasteiger partial charge on any atom is 0.311 e. The van der Waals surface area contributed by atoms with Crippen molar-refractivity contribution in [1.82, 2.24) is 0 Å². The molecule has 0 saturated heterocycles. The number of hydrogen-bond donors (Lipinski definition) is 2. The van der Waals surface area contributed by atoms with Gasteiger partial charge in [0.15, 0.2) is 0 Å². The Labute approximate surface area is 90.3 Å². The van der Waals surface area contributed by atoms with Gasteiger partial charge in [0.25, 0.3) is 0 Å². The minimum absolute atomic E-state index is 0.372. The summed E-state index contributed by atoms with van der Waals surface area (Å²) in [6, 6.07) is 5.70. The van der Waals surface area contributed by atoms with Crippen molar-refractivity contribution < 1.29 is 9.90 Å². The second-order valence-corrected chi connectivity index (χ2v) is 4.25. The highest BCUT2D eigenvalue weighted by Crippen LogP contribution is 2.33. The van der Waals surface area contributed by atoms with Crippen molar-refractivity contribution in [3.63, 3.8) is 0 Å². The molecule has 0 saturated carbocycles. The van der Waals surface area contributed by atoms with E-state index in [1.165, 1.54) is 0 Å². The van der Waals surface area contributed by atoms with Crippen LogP contribution in [0.25, 0.3) is 0 Å². The summed E-state index contributed by atoms with van der Waals surface area (Å²) in [5.74, 6) is -1.12. The molecular formula is C10H10BrNO2. The van der Waals surface area contributed by atoms with E-state index in [4.69, 9.17) is 5.11 Å². The number of hydrogen-bond acceptors (Lipinski definition) is 2. The van der Waals surface area contributed by atoms with Crippen LogP contribution in [-0.4, -0.2) is 17.6 Å². The van der Waals surface area contributed by atoms with Crippen LogP contribution in [0.3, 0.4) is 0 Å². The van der Waals surface area contributed by atoms with E-state index < -0.39 is 5.97 Å². The van der Waals surface area contributed by atoms with Gasteiger partial charge in [-0.15, -0.1) is 0 Å². The van der Waals surface area contributed by atoms with Gasteiger partial charge in [-0.2, -0.15) is 0 Å². The van der Waals surface area contributed by atoms with Gasteiger partial charge in [0, 0.05) is 16.7 Å². The maximum absolute atomic E-state index is 11.0. The van der Waals surface area contributed by atoms with Crippen molar-refractivity contribution in [3.05, 3.63) is 28.2 Å². The molecular weight excluding hydrogens is 246 g/mol. The number of carboxylic acids is 1. The first kappa shape index (κ1) is 9.52. The lowest BCUT2D eigenvalue weighted by Crippen LogP contribution is -2.22. The number of aliphatic carboxylic acids is 1. The Bertz CT molecular complexity index is 378. The Kier molecular flexibility index (Phi) is 2.46. The molecule has 0 fully saturated rings. The van der Waals surface area contributed by atoms with E-state index in [1.807, 2.05) is 18.2 Å². The number of carbonyl (C=O) groups is 1. The Hall–Kier alpha value is -1.03. The molecule has 1 aromatic carbocycles. The van der Waals surface area contributed by atoms with E-state index in [2.05, 4.69) is 21.2 Å². The molecule has 0 spiro atoms. The standard InChI is InChI=1S/C10H10BrNO2/c11-6-1-2-9-8(5-6)7(10(13)14)3-4-12-9/h1-2,5,7,12H,3-4H2,(H,13,14). The Morgan fingerprint density at radius 3 is 3.07 bits per heavy atom. The molecule has 0 aliphatic carbocycles. The van der Waals surface area contributed by atoms with Gasteiger partial charge in [-0.3, -0.25) is 4.79 Å². The molecule has 0 bridgehead atoms. The third-order valence-electron chi connectivity index (χ3n) is 2.44. The summed E-state index contributed by atoms with van der Waals surface area (Å²) in [4.78, 5) is 11.0. The van der Waals surface area contributed by atoms with Crippen LogP contribution in [0.2, 0.25) is 0 Å². The number of fused-ring (bicyclic) bond motifs is 1. The third-order valence-corrected chi connectivity index (χ3v) is 2.93. The van der Waals surface area contributed by atoms with E-state index >= 15 is 0 Å². The maximum atomic E-state index is 11.0. The lowest BCUT2D eigenvalue weighted by molar-refractivity contribution is -0.138. The molecule has 0 aromatic heterocycles. The Morgan fingerprint density at radius 2 is 2.36 bits per heavy atom. The molecule has 1 unspecified atom stereocenters. The largest absolute Gasteiger partial charge is 0.481 e. The summed E-state index contributed by atoms with van der Waals surface area (Å²) in [6.45, 7) is 0.728. The number of halogens is 1. The second-order valence-electron chi connectivity index (χ2n) is 3.34. The van der Waals surface area contributed by atoms with E-state index in [0.29, 0.717) is 6.42 Å². The van der Waals surface area contributed by atoms with Crippen LogP contribution in [-0.2, 0) is 4.79 Å². The predicted octanol–water partition coefficient (Wildman–Crippen LogP) is 2.43. The lowest BCUT2D eigenvalue weighted by Gasteiger charge is -2.23. The topological polar surface area (TPSA) is 49.3 Å². The summed E-state index contributed by atoms with van der Waals surface area (Å²) in [6.07, 6.45) is 0.652.